The zero-order valence-corrected chi connectivity index (χ0v) is 12.3. The summed E-state index contributed by atoms with van der Waals surface area (Å²) in [5.74, 6) is 0.643. The molecular formula is C17H20N2O2. The quantitative estimate of drug-likeness (QED) is 0.857. The molecule has 0 fully saturated rings. The lowest BCUT2D eigenvalue weighted by Gasteiger charge is -2.08. The van der Waals surface area contributed by atoms with Crippen LogP contribution in [-0.4, -0.2) is 19.6 Å². The summed E-state index contributed by atoms with van der Waals surface area (Å²) in [5, 5.41) is 5.97. The molecule has 0 spiro atoms. The van der Waals surface area contributed by atoms with Crippen LogP contribution in [0.4, 0.5) is 5.69 Å². The van der Waals surface area contributed by atoms with E-state index in [-0.39, 0.29) is 5.91 Å². The summed E-state index contributed by atoms with van der Waals surface area (Å²) >= 11 is 0. The Labute approximate surface area is 125 Å². The molecule has 0 aliphatic carbocycles. The van der Waals surface area contributed by atoms with Crippen molar-refractivity contribution in [2.45, 2.75) is 13.5 Å². The van der Waals surface area contributed by atoms with Gasteiger partial charge in [0, 0.05) is 17.8 Å². The maximum absolute atomic E-state index is 12.1. The Hall–Kier alpha value is -2.33. The van der Waals surface area contributed by atoms with Crippen LogP contribution in [0, 0.1) is 0 Å². The van der Waals surface area contributed by atoms with E-state index < -0.39 is 0 Å². The first kappa shape index (κ1) is 15.1. The van der Waals surface area contributed by atoms with Crippen LogP contribution in [0.15, 0.2) is 48.5 Å². The molecule has 0 radical (unpaired) electrons. The number of benzene rings is 2. The number of anilines is 1. The minimum Gasteiger partial charge on any atom is -0.494 e. The van der Waals surface area contributed by atoms with Crippen molar-refractivity contribution in [2.24, 2.45) is 0 Å². The number of hydrogen-bond acceptors (Lipinski definition) is 3. The summed E-state index contributed by atoms with van der Waals surface area (Å²) < 4.78 is 5.36. The van der Waals surface area contributed by atoms with Gasteiger partial charge in [0.25, 0.3) is 5.91 Å². The Morgan fingerprint density at radius 1 is 1.05 bits per heavy atom. The molecule has 2 aromatic carbocycles. The third-order valence-corrected chi connectivity index (χ3v) is 3.02. The van der Waals surface area contributed by atoms with Crippen molar-refractivity contribution in [2.75, 3.05) is 19.0 Å². The van der Waals surface area contributed by atoms with Crippen molar-refractivity contribution in [3.05, 3.63) is 59.7 Å². The minimum absolute atomic E-state index is 0.126. The molecule has 21 heavy (non-hydrogen) atoms. The van der Waals surface area contributed by atoms with Crippen molar-refractivity contribution in [3.8, 4) is 5.75 Å². The molecule has 0 unspecified atom stereocenters. The molecule has 110 valence electrons. The third kappa shape index (κ3) is 4.33. The summed E-state index contributed by atoms with van der Waals surface area (Å²) in [6, 6.07) is 14.9. The second kappa shape index (κ2) is 7.45. The van der Waals surface area contributed by atoms with E-state index in [2.05, 4.69) is 10.6 Å². The molecular weight excluding hydrogens is 264 g/mol. The van der Waals surface area contributed by atoms with Gasteiger partial charge in [0.1, 0.15) is 5.75 Å². The van der Waals surface area contributed by atoms with Crippen LogP contribution in [0.25, 0.3) is 0 Å². The van der Waals surface area contributed by atoms with Crippen molar-refractivity contribution in [1.29, 1.82) is 0 Å². The molecule has 0 aromatic heterocycles. The predicted octanol–water partition coefficient (Wildman–Crippen LogP) is 3.06. The lowest BCUT2D eigenvalue weighted by atomic mass is 10.1. The molecule has 0 heterocycles. The first-order valence-corrected chi connectivity index (χ1v) is 7.00. The number of amides is 1. The van der Waals surface area contributed by atoms with Gasteiger partial charge in [0.05, 0.1) is 6.61 Å². The van der Waals surface area contributed by atoms with E-state index in [1.807, 2.05) is 38.2 Å². The number of carbonyl (C=O) groups is 1. The first-order chi connectivity index (χ1) is 10.2. The summed E-state index contributed by atoms with van der Waals surface area (Å²) in [6.07, 6.45) is 0. The Morgan fingerprint density at radius 2 is 1.71 bits per heavy atom. The minimum atomic E-state index is -0.126. The average molecular weight is 284 g/mol. The van der Waals surface area contributed by atoms with Crippen LogP contribution >= 0.6 is 0 Å². The molecule has 4 heteroatoms. The van der Waals surface area contributed by atoms with Crippen LogP contribution < -0.4 is 15.4 Å². The van der Waals surface area contributed by atoms with E-state index in [9.17, 15) is 4.79 Å². The SMILES string of the molecule is CCOc1ccc(C(=O)Nc2ccc(CNC)cc2)cc1. The van der Waals surface area contributed by atoms with Gasteiger partial charge in [-0.15, -0.1) is 0 Å². The number of ether oxygens (including phenoxy) is 1. The number of carbonyl (C=O) groups excluding carboxylic acids is 1. The van der Waals surface area contributed by atoms with Crippen molar-refractivity contribution in [3.63, 3.8) is 0 Å². The van der Waals surface area contributed by atoms with Gasteiger partial charge in [0.15, 0.2) is 0 Å². The predicted molar refractivity (Wildman–Crippen MR) is 84.8 cm³/mol. The summed E-state index contributed by atoms with van der Waals surface area (Å²) in [7, 11) is 1.90. The molecule has 0 atom stereocenters. The fourth-order valence-electron chi connectivity index (χ4n) is 1.98. The lowest BCUT2D eigenvalue weighted by molar-refractivity contribution is 0.102. The van der Waals surface area contributed by atoms with Gasteiger partial charge in [0.2, 0.25) is 0 Å². The lowest BCUT2D eigenvalue weighted by Crippen LogP contribution is -2.12. The fraction of sp³-hybridized carbons (Fsp3) is 0.235. The van der Waals surface area contributed by atoms with Crippen LogP contribution in [-0.2, 0) is 6.54 Å². The summed E-state index contributed by atoms with van der Waals surface area (Å²) in [6.45, 7) is 3.36. The van der Waals surface area contributed by atoms with E-state index in [4.69, 9.17) is 4.74 Å². The highest BCUT2D eigenvalue weighted by atomic mass is 16.5. The molecule has 0 saturated carbocycles. The Balaban J connectivity index is 2.00. The molecule has 2 N–H and O–H groups in total. The van der Waals surface area contributed by atoms with Crippen LogP contribution in [0.1, 0.15) is 22.8 Å². The smallest absolute Gasteiger partial charge is 0.255 e. The van der Waals surface area contributed by atoms with Crippen LogP contribution in [0.5, 0.6) is 5.75 Å². The van der Waals surface area contributed by atoms with Gasteiger partial charge in [-0.25, -0.2) is 0 Å². The van der Waals surface area contributed by atoms with E-state index in [1.165, 1.54) is 5.56 Å². The highest BCUT2D eigenvalue weighted by molar-refractivity contribution is 6.04. The molecule has 0 bridgehead atoms. The Kier molecular flexibility index (Phi) is 5.35. The highest BCUT2D eigenvalue weighted by Gasteiger charge is 2.06. The van der Waals surface area contributed by atoms with Crippen LogP contribution in [0.3, 0.4) is 0 Å². The number of nitrogens with one attached hydrogen (secondary N) is 2. The molecule has 2 rings (SSSR count). The molecule has 4 nitrogen and oxygen atoms in total. The Morgan fingerprint density at radius 3 is 2.29 bits per heavy atom. The van der Waals surface area contributed by atoms with E-state index in [0.717, 1.165) is 18.0 Å². The van der Waals surface area contributed by atoms with Gasteiger partial charge >= 0.3 is 0 Å². The summed E-state index contributed by atoms with van der Waals surface area (Å²) in [4.78, 5) is 12.1. The van der Waals surface area contributed by atoms with Crippen molar-refractivity contribution >= 4 is 11.6 Å². The monoisotopic (exact) mass is 284 g/mol. The standard InChI is InChI=1S/C17H20N2O2/c1-3-21-16-10-6-14(7-11-16)17(20)19-15-8-4-13(5-9-15)12-18-2/h4-11,18H,3,12H2,1-2H3,(H,19,20). The van der Waals surface area contributed by atoms with Crippen molar-refractivity contribution < 1.29 is 9.53 Å². The zero-order chi connectivity index (χ0) is 15.1. The molecule has 2 aromatic rings. The Bertz CT molecular complexity index is 577. The second-order valence-corrected chi connectivity index (χ2v) is 4.64. The molecule has 0 aliphatic heterocycles. The van der Waals surface area contributed by atoms with Gasteiger partial charge in [-0.05, 0) is 55.9 Å². The molecule has 1 amide bonds. The van der Waals surface area contributed by atoms with E-state index in [1.54, 1.807) is 24.3 Å². The van der Waals surface area contributed by atoms with E-state index >= 15 is 0 Å². The fourth-order valence-corrected chi connectivity index (χ4v) is 1.98. The highest BCUT2D eigenvalue weighted by Crippen LogP contribution is 2.15. The third-order valence-electron chi connectivity index (χ3n) is 3.02. The van der Waals surface area contributed by atoms with Crippen LogP contribution in [0.2, 0.25) is 0 Å². The zero-order valence-electron chi connectivity index (χ0n) is 12.3. The first-order valence-electron chi connectivity index (χ1n) is 7.00. The second-order valence-electron chi connectivity index (χ2n) is 4.64. The number of hydrogen-bond donors (Lipinski definition) is 2. The number of rotatable bonds is 6. The normalized spacial score (nSPS) is 10.2. The molecule has 0 saturated heterocycles. The van der Waals surface area contributed by atoms with E-state index in [0.29, 0.717) is 12.2 Å². The molecule has 0 aliphatic rings. The average Bonchev–Trinajstić information content (AvgIpc) is 2.50. The van der Waals surface area contributed by atoms with Crippen molar-refractivity contribution in [1.82, 2.24) is 5.32 Å². The maximum atomic E-state index is 12.1. The largest absolute Gasteiger partial charge is 0.494 e. The van der Waals surface area contributed by atoms with Gasteiger partial charge in [-0.1, -0.05) is 12.1 Å². The van der Waals surface area contributed by atoms with Gasteiger partial charge < -0.3 is 15.4 Å². The van der Waals surface area contributed by atoms with Gasteiger partial charge in [-0.2, -0.15) is 0 Å². The van der Waals surface area contributed by atoms with Gasteiger partial charge in [-0.3, -0.25) is 4.79 Å². The summed E-state index contributed by atoms with van der Waals surface area (Å²) in [5.41, 5.74) is 2.57. The maximum Gasteiger partial charge on any atom is 0.255 e. The topological polar surface area (TPSA) is 50.4 Å².